The molecule has 0 amide bonds. The summed E-state index contributed by atoms with van der Waals surface area (Å²) in [5.74, 6) is 0.522. The minimum absolute atomic E-state index is 0. The first-order chi connectivity index (χ1) is 14.7. The normalized spacial score (nSPS) is 19.2. The molecule has 2 aliphatic rings. The third-order valence-corrected chi connectivity index (χ3v) is 6.19. The van der Waals surface area contributed by atoms with E-state index in [1.807, 2.05) is 12.1 Å². The molecule has 1 aliphatic heterocycles. The van der Waals surface area contributed by atoms with Gasteiger partial charge in [0.15, 0.2) is 5.96 Å². The average molecular weight is 544 g/mol. The van der Waals surface area contributed by atoms with Crippen LogP contribution in [0.3, 0.4) is 0 Å². The van der Waals surface area contributed by atoms with Crippen molar-refractivity contribution in [2.75, 3.05) is 46.5 Å². The van der Waals surface area contributed by atoms with Gasteiger partial charge in [0.25, 0.3) is 0 Å². The molecule has 0 bridgehead atoms. The number of methoxy groups -OCH3 is 1. The van der Waals surface area contributed by atoms with E-state index >= 15 is 0 Å². The number of aliphatic imine (C=N–C) groups is 1. The number of ether oxygens (including phenoxy) is 2. The van der Waals surface area contributed by atoms with Crippen LogP contribution in [0.25, 0.3) is 0 Å². The molecule has 0 spiro atoms. The Morgan fingerprint density at radius 2 is 1.81 bits per heavy atom. The largest absolute Gasteiger partial charge is 0.465 e. The second-order valence-electron chi connectivity index (χ2n) is 8.12. The van der Waals surface area contributed by atoms with Crippen LogP contribution in [-0.2, 0) is 16.0 Å². The highest BCUT2D eigenvalue weighted by Gasteiger charge is 2.38. The van der Waals surface area contributed by atoms with E-state index in [0.29, 0.717) is 12.1 Å². The first-order valence-corrected chi connectivity index (χ1v) is 11.2. The molecule has 1 heterocycles. The molecule has 7 nitrogen and oxygen atoms in total. The Morgan fingerprint density at radius 3 is 2.42 bits per heavy atom. The lowest BCUT2D eigenvalue weighted by Crippen LogP contribution is -2.60. The van der Waals surface area contributed by atoms with Gasteiger partial charge in [0.2, 0.25) is 0 Å². The number of hydrogen-bond acceptors (Lipinski definition) is 5. The van der Waals surface area contributed by atoms with E-state index in [4.69, 9.17) is 14.5 Å². The zero-order valence-corrected chi connectivity index (χ0v) is 21.2. The van der Waals surface area contributed by atoms with Gasteiger partial charge in [0, 0.05) is 31.7 Å². The fraction of sp³-hybridized carbons (Fsp3) is 0.652. The predicted octanol–water partition coefficient (Wildman–Crippen LogP) is 3.18. The lowest BCUT2D eigenvalue weighted by molar-refractivity contribution is -0.0352. The predicted molar refractivity (Wildman–Crippen MR) is 134 cm³/mol. The third kappa shape index (κ3) is 7.32. The van der Waals surface area contributed by atoms with Crippen molar-refractivity contribution in [3.8, 4) is 0 Å². The number of hydrogen-bond donors (Lipinski definition) is 2. The lowest BCUT2D eigenvalue weighted by atomic mass is 9.80. The number of nitrogens with one attached hydrogen (secondary N) is 2. The molecule has 0 aromatic heterocycles. The monoisotopic (exact) mass is 544 g/mol. The maximum Gasteiger partial charge on any atom is 0.337 e. The van der Waals surface area contributed by atoms with Gasteiger partial charge in [-0.05, 0) is 37.5 Å². The van der Waals surface area contributed by atoms with Gasteiger partial charge in [-0.25, -0.2) is 9.79 Å². The summed E-state index contributed by atoms with van der Waals surface area (Å²) in [5, 5.41) is 6.99. The van der Waals surface area contributed by atoms with E-state index in [2.05, 4.69) is 22.5 Å². The molecule has 0 atom stereocenters. The van der Waals surface area contributed by atoms with E-state index in [0.717, 1.165) is 50.9 Å². The number of rotatable bonds is 7. The van der Waals surface area contributed by atoms with Gasteiger partial charge >= 0.3 is 5.97 Å². The third-order valence-electron chi connectivity index (χ3n) is 6.19. The Balaban J connectivity index is 0.00000341. The molecule has 1 saturated heterocycles. The number of morpholine rings is 1. The molecule has 1 aliphatic carbocycles. The van der Waals surface area contributed by atoms with Crippen LogP contribution >= 0.6 is 24.0 Å². The molecule has 8 heteroatoms. The minimum atomic E-state index is -0.319. The summed E-state index contributed by atoms with van der Waals surface area (Å²) in [5.41, 5.74) is 1.81. The molecule has 0 unspecified atom stereocenters. The zero-order valence-electron chi connectivity index (χ0n) is 18.8. The van der Waals surface area contributed by atoms with Gasteiger partial charge in [-0.1, -0.05) is 31.4 Å². The van der Waals surface area contributed by atoms with Gasteiger partial charge in [0.05, 0.1) is 32.4 Å². The smallest absolute Gasteiger partial charge is 0.337 e. The molecule has 2 N–H and O–H groups in total. The topological polar surface area (TPSA) is 75.2 Å². The van der Waals surface area contributed by atoms with Crippen LogP contribution in [0.4, 0.5) is 0 Å². The Hall–Kier alpha value is -1.39. The second-order valence-corrected chi connectivity index (χ2v) is 8.12. The molecule has 0 radical (unpaired) electrons. The average Bonchev–Trinajstić information content (AvgIpc) is 2.82. The Kier molecular flexibility index (Phi) is 11.0. The van der Waals surface area contributed by atoms with Crippen molar-refractivity contribution in [2.45, 2.75) is 51.1 Å². The summed E-state index contributed by atoms with van der Waals surface area (Å²) < 4.78 is 10.3. The number of carbonyl (C=O) groups excluding carboxylic acids is 1. The molecule has 1 aromatic rings. The molecule has 2 fully saturated rings. The Morgan fingerprint density at radius 1 is 1.13 bits per heavy atom. The van der Waals surface area contributed by atoms with Gasteiger partial charge in [-0.15, -0.1) is 24.0 Å². The van der Waals surface area contributed by atoms with E-state index < -0.39 is 0 Å². The maximum absolute atomic E-state index is 11.6. The summed E-state index contributed by atoms with van der Waals surface area (Å²) in [6, 6.07) is 7.42. The van der Waals surface area contributed by atoms with Gasteiger partial charge in [-0.3, -0.25) is 4.90 Å². The number of nitrogens with zero attached hydrogens (tertiary/aromatic N) is 2. The van der Waals surface area contributed by atoms with Crippen molar-refractivity contribution in [2.24, 2.45) is 4.99 Å². The summed E-state index contributed by atoms with van der Waals surface area (Å²) in [6.07, 6.45) is 6.38. The van der Waals surface area contributed by atoms with Gasteiger partial charge in [0.1, 0.15) is 0 Å². The van der Waals surface area contributed by atoms with Crippen LogP contribution in [0.1, 0.15) is 54.9 Å². The summed E-state index contributed by atoms with van der Waals surface area (Å²) in [7, 11) is 1.39. The lowest BCUT2D eigenvalue weighted by Gasteiger charge is -2.48. The van der Waals surface area contributed by atoms with Crippen molar-refractivity contribution in [1.82, 2.24) is 15.5 Å². The Labute approximate surface area is 203 Å². The minimum Gasteiger partial charge on any atom is -0.465 e. The van der Waals surface area contributed by atoms with Crippen LogP contribution in [0.15, 0.2) is 29.3 Å². The summed E-state index contributed by atoms with van der Waals surface area (Å²) >= 11 is 0. The van der Waals surface area contributed by atoms with Crippen LogP contribution in [0.5, 0.6) is 0 Å². The van der Waals surface area contributed by atoms with E-state index in [9.17, 15) is 4.79 Å². The highest BCUT2D eigenvalue weighted by Crippen LogP contribution is 2.33. The first kappa shape index (κ1) is 25.9. The van der Waals surface area contributed by atoms with Gasteiger partial charge < -0.3 is 20.1 Å². The summed E-state index contributed by atoms with van der Waals surface area (Å²) in [4.78, 5) is 19.0. The van der Waals surface area contributed by atoms with Crippen LogP contribution in [0.2, 0.25) is 0 Å². The van der Waals surface area contributed by atoms with Crippen molar-refractivity contribution in [3.05, 3.63) is 35.4 Å². The molecule has 174 valence electrons. The van der Waals surface area contributed by atoms with Crippen LogP contribution in [-0.4, -0.2) is 68.9 Å². The SMILES string of the molecule is CCNC(=NCc1ccc(C(=O)OC)cc1)NCC1(N2CCOCC2)CCCCC1.I. The first-order valence-electron chi connectivity index (χ1n) is 11.2. The number of halogens is 1. The highest BCUT2D eigenvalue weighted by molar-refractivity contribution is 14.0. The van der Waals surface area contributed by atoms with E-state index in [1.165, 1.54) is 39.2 Å². The molecular formula is C23H37IN4O3. The highest BCUT2D eigenvalue weighted by atomic mass is 127. The maximum atomic E-state index is 11.6. The van der Waals surface area contributed by atoms with Crippen molar-refractivity contribution in [1.29, 1.82) is 0 Å². The summed E-state index contributed by atoms with van der Waals surface area (Å²) in [6.45, 7) is 8.05. The van der Waals surface area contributed by atoms with Crippen molar-refractivity contribution >= 4 is 35.9 Å². The number of benzene rings is 1. The second kappa shape index (κ2) is 13.2. The van der Waals surface area contributed by atoms with Gasteiger partial charge in [-0.2, -0.15) is 0 Å². The fourth-order valence-corrected chi connectivity index (χ4v) is 4.48. The fourth-order valence-electron chi connectivity index (χ4n) is 4.48. The van der Waals surface area contributed by atoms with E-state index in [1.54, 1.807) is 12.1 Å². The molecule has 1 saturated carbocycles. The van der Waals surface area contributed by atoms with E-state index in [-0.39, 0.29) is 35.5 Å². The molecular weight excluding hydrogens is 507 g/mol. The van der Waals surface area contributed by atoms with Crippen molar-refractivity contribution < 1.29 is 14.3 Å². The molecule has 3 rings (SSSR count). The molecule has 1 aromatic carbocycles. The zero-order chi connectivity index (χ0) is 21.2. The van der Waals surface area contributed by atoms with Crippen molar-refractivity contribution in [3.63, 3.8) is 0 Å². The number of esters is 1. The van der Waals surface area contributed by atoms with Crippen LogP contribution in [0, 0.1) is 0 Å². The molecule has 31 heavy (non-hydrogen) atoms. The number of guanidine groups is 1. The standard InChI is InChI=1S/C23H36N4O3.HI/c1-3-24-22(25-17-19-7-9-20(10-8-19)21(28)29-2)26-18-23(11-5-4-6-12-23)27-13-15-30-16-14-27;/h7-10H,3-6,11-18H2,1-2H3,(H2,24,25,26);1H. The van der Waals surface area contributed by atoms with Crippen LogP contribution < -0.4 is 10.6 Å². The number of carbonyl (C=O) groups is 1. The Bertz CT molecular complexity index is 699. The quantitative estimate of drug-likeness (QED) is 0.238.